The second-order valence-electron chi connectivity index (χ2n) is 3.20. The van der Waals surface area contributed by atoms with Gasteiger partial charge < -0.3 is 5.21 Å². The molecule has 3 heteroatoms. The molecule has 0 aromatic heterocycles. The highest BCUT2D eigenvalue weighted by molar-refractivity contribution is 14.1. The Labute approximate surface area is 90.8 Å². The van der Waals surface area contributed by atoms with Gasteiger partial charge >= 0.3 is 0 Å². The third kappa shape index (κ3) is 1.70. The molecular formula is C10H10INO. The molecule has 0 saturated heterocycles. The standard InChI is InChI=1S/C10H10INO/c11-8-4-5-9-7(6-8)2-1-3-10(9)12-13/h4-6,13H,1-3H2/b12-10-. The number of halogens is 1. The molecule has 13 heavy (non-hydrogen) atoms. The first-order chi connectivity index (χ1) is 6.31. The zero-order valence-electron chi connectivity index (χ0n) is 7.13. The predicted molar refractivity (Wildman–Crippen MR) is 60.4 cm³/mol. The number of nitrogens with zero attached hydrogens (tertiary/aromatic N) is 1. The summed E-state index contributed by atoms with van der Waals surface area (Å²) in [6, 6.07) is 6.27. The Morgan fingerprint density at radius 3 is 2.92 bits per heavy atom. The van der Waals surface area contributed by atoms with Gasteiger partial charge in [0, 0.05) is 9.13 Å². The summed E-state index contributed by atoms with van der Waals surface area (Å²) >= 11 is 2.30. The highest BCUT2D eigenvalue weighted by Crippen LogP contribution is 2.23. The molecule has 0 saturated carbocycles. The van der Waals surface area contributed by atoms with E-state index in [-0.39, 0.29) is 0 Å². The maximum absolute atomic E-state index is 8.79. The Morgan fingerprint density at radius 1 is 1.31 bits per heavy atom. The van der Waals surface area contributed by atoms with E-state index in [1.165, 1.54) is 9.13 Å². The molecule has 0 spiro atoms. The first-order valence-corrected chi connectivity index (χ1v) is 5.39. The van der Waals surface area contributed by atoms with E-state index in [1.807, 2.05) is 6.07 Å². The molecule has 0 radical (unpaired) electrons. The van der Waals surface area contributed by atoms with Crippen molar-refractivity contribution < 1.29 is 5.21 Å². The minimum Gasteiger partial charge on any atom is -0.411 e. The lowest BCUT2D eigenvalue weighted by molar-refractivity contribution is 0.317. The van der Waals surface area contributed by atoms with Gasteiger partial charge in [0.1, 0.15) is 0 Å². The SMILES string of the molecule is O/N=C1/CCCc2cc(I)ccc21. The molecule has 1 aliphatic rings. The second kappa shape index (κ2) is 3.65. The van der Waals surface area contributed by atoms with Gasteiger partial charge in [0.2, 0.25) is 0 Å². The number of fused-ring (bicyclic) bond motifs is 1. The Kier molecular flexibility index (Phi) is 2.53. The van der Waals surface area contributed by atoms with Crippen LogP contribution < -0.4 is 0 Å². The lowest BCUT2D eigenvalue weighted by Gasteiger charge is -2.16. The summed E-state index contributed by atoms with van der Waals surface area (Å²) in [5, 5.41) is 12.1. The normalized spacial score (nSPS) is 18.7. The predicted octanol–water partition coefficient (Wildman–Crippen LogP) is 2.81. The summed E-state index contributed by atoms with van der Waals surface area (Å²) in [5.41, 5.74) is 3.26. The maximum atomic E-state index is 8.79. The van der Waals surface area contributed by atoms with E-state index in [1.54, 1.807) is 0 Å². The number of oxime groups is 1. The molecule has 68 valence electrons. The zero-order chi connectivity index (χ0) is 9.26. The van der Waals surface area contributed by atoms with Crippen molar-refractivity contribution in [3.05, 3.63) is 32.9 Å². The number of hydrogen-bond acceptors (Lipinski definition) is 2. The van der Waals surface area contributed by atoms with Crippen LogP contribution in [0.1, 0.15) is 24.0 Å². The van der Waals surface area contributed by atoms with Gasteiger partial charge in [0.15, 0.2) is 0 Å². The van der Waals surface area contributed by atoms with Crippen LogP contribution in [-0.2, 0) is 6.42 Å². The summed E-state index contributed by atoms with van der Waals surface area (Å²) in [4.78, 5) is 0. The van der Waals surface area contributed by atoms with E-state index in [0.717, 1.165) is 30.5 Å². The Morgan fingerprint density at radius 2 is 2.15 bits per heavy atom. The summed E-state index contributed by atoms with van der Waals surface area (Å²) in [6.07, 6.45) is 3.09. The van der Waals surface area contributed by atoms with Crippen molar-refractivity contribution >= 4 is 28.3 Å². The lowest BCUT2D eigenvalue weighted by atomic mass is 9.90. The Balaban J connectivity index is 2.52. The third-order valence-corrected chi connectivity index (χ3v) is 3.03. The van der Waals surface area contributed by atoms with Crippen molar-refractivity contribution in [2.45, 2.75) is 19.3 Å². The van der Waals surface area contributed by atoms with E-state index in [0.29, 0.717) is 0 Å². The minimum atomic E-state index is 0.831. The molecular weight excluding hydrogens is 277 g/mol. The van der Waals surface area contributed by atoms with E-state index >= 15 is 0 Å². The molecule has 0 bridgehead atoms. The van der Waals surface area contributed by atoms with Gasteiger partial charge in [0.05, 0.1) is 5.71 Å². The summed E-state index contributed by atoms with van der Waals surface area (Å²) < 4.78 is 1.25. The summed E-state index contributed by atoms with van der Waals surface area (Å²) in [5.74, 6) is 0. The van der Waals surface area contributed by atoms with Crippen LogP contribution in [0, 0.1) is 3.57 Å². The van der Waals surface area contributed by atoms with Gasteiger partial charge in [-0.05, 0) is 59.5 Å². The van der Waals surface area contributed by atoms with E-state index in [9.17, 15) is 0 Å². The van der Waals surface area contributed by atoms with Crippen molar-refractivity contribution in [3.63, 3.8) is 0 Å². The second-order valence-corrected chi connectivity index (χ2v) is 4.45. The monoisotopic (exact) mass is 287 g/mol. The molecule has 0 heterocycles. The van der Waals surface area contributed by atoms with Crippen LogP contribution in [0.25, 0.3) is 0 Å². The van der Waals surface area contributed by atoms with Gasteiger partial charge in [0.25, 0.3) is 0 Å². The average Bonchev–Trinajstić information content (AvgIpc) is 2.16. The minimum absolute atomic E-state index is 0.831. The molecule has 0 atom stereocenters. The number of hydrogen-bond donors (Lipinski definition) is 1. The fourth-order valence-electron chi connectivity index (χ4n) is 1.74. The molecule has 1 aromatic carbocycles. The largest absolute Gasteiger partial charge is 0.411 e. The number of aryl methyl sites for hydroxylation is 1. The molecule has 0 amide bonds. The van der Waals surface area contributed by atoms with Crippen molar-refractivity contribution in [1.82, 2.24) is 0 Å². The molecule has 0 unspecified atom stereocenters. The van der Waals surface area contributed by atoms with Crippen molar-refractivity contribution in [3.8, 4) is 0 Å². The molecule has 2 rings (SSSR count). The van der Waals surface area contributed by atoms with Gasteiger partial charge in [-0.1, -0.05) is 11.2 Å². The van der Waals surface area contributed by atoms with Crippen LogP contribution in [0.4, 0.5) is 0 Å². The van der Waals surface area contributed by atoms with Crippen LogP contribution in [0.2, 0.25) is 0 Å². The van der Waals surface area contributed by atoms with Crippen molar-refractivity contribution in [1.29, 1.82) is 0 Å². The molecule has 0 fully saturated rings. The fourth-order valence-corrected chi connectivity index (χ4v) is 2.29. The van der Waals surface area contributed by atoms with Crippen LogP contribution >= 0.6 is 22.6 Å². The Bertz CT molecular complexity index is 360. The quantitative estimate of drug-likeness (QED) is 0.444. The first-order valence-electron chi connectivity index (χ1n) is 4.31. The topological polar surface area (TPSA) is 32.6 Å². The van der Waals surface area contributed by atoms with E-state index in [4.69, 9.17) is 5.21 Å². The van der Waals surface area contributed by atoms with Gasteiger partial charge in [-0.3, -0.25) is 0 Å². The van der Waals surface area contributed by atoms with Crippen molar-refractivity contribution in [2.24, 2.45) is 5.16 Å². The Hall–Kier alpha value is -0.580. The number of benzene rings is 1. The van der Waals surface area contributed by atoms with E-state index in [2.05, 4.69) is 39.9 Å². The van der Waals surface area contributed by atoms with Gasteiger partial charge in [-0.2, -0.15) is 0 Å². The summed E-state index contributed by atoms with van der Waals surface area (Å²) in [7, 11) is 0. The van der Waals surface area contributed by atoms with Crippen molar-refractivity contribution in [2.75, 3.05) is 0 Å². The van der Waals surface area contributed by atoms with Crippen LogP contribution in [0.15, 0.2) is 23.4 Å². The molecule has 1 N–H and O–H groups in total. The smallest absolute Gasteiger partial charge is 0.0870 e. The molecule has 1 aromatic rings. The summed E-state index contributed by atoms with van der Waals surface area (Å²) in [6.45, 7) is 0. The first kappa shape index (κ1) is 8.99. The number of rotatable bonds is 0. The molecule has 0 aliphatic heterocycles. The fraction of sp³-hybridized carbons (Fsp3) is 0.300. The highest BCUT2D eigenvalue weighted by atomic mass is 127. The van der Waals surface area contributed by atoms with Gasteiger partial charge in [-0.15, -0.1) is 0 Å². The average molecular weight is 287 g/mol. The molecule has 1 aliphatic carbocycles. The van der Waals surface area contributed by atoms with Gasteiger partial charge in [-0.25, -0.2) is 0 Å². The highest BCUT2D eigenvalue weighted by Gasteiger charge is 2.15. The third-order valence-electron chi connectivity index (χ3n) is 2.36. The van der Waals surface area contributed by atoms with Crippen LogP contribution in [0.5, 0.6) is 0 Å². The van der Waals surface area contributed by atoms with Crippen LogP contribution in [0.3, 0.4) is 0 Å². The van der Waals surface area contributed by atoms with E-state index < -0.39 is 0 Å². The zero-order valence-corrected chi connectivity index (χ0v) is 9.28. The maximum Gasteiger partial charge on any atom is 0.0870 e. The lowest BCUT2D eigenvalue weighted by Crippen LogP contribution is -2.11. The van der Waals surface area contributed by atoms with Crippen LogP contribution in [-0.4, -0.2) is 10.9 Å². The molecule has 2 nitrogen and oxygen atoms in total.